The lowest BCUT2D eigenvalue weighted by Gasteiger charge is -2.13. The number of hydrogen-bond donors (Lipinski definition) is 0. The molecule has 0 unspecified atom stereocenters. The molecule has 49 heavy (non-hydrogen) atoms. The molecule has 0 fully saturated rings. The summed E-state index contributed by atoms with van der Waals surface area (Å²) in [5.74, 6) is 2.36. The lowest BCUT2D eigenvalue weighted by Crippen LogP contribution is -2.29. The fourth-order valence-corrected chi connectivity index (χ4v) is 7.01. The van der Waals surface area contributed by atoms with Gasteiger partial charge in [0.15, 0.2) is 0 Å². The summed E-state index contributed by atoms with van der Waals surface area (Å²) in [5.41, 5.74) is 10.9. The van der Waals surface area contributed by atoms with Crippen molar-refractivity contribution < 1.29 is 9.30 Å². The van der Waals surface area contributed by atoms with E-state index in [2.05, 4.69) is 155 Å². The maximum Gasteiger partial charge on any atom is 0.269 e. The van der Waals surface area contributed by atoms with Crippen molar-refractivity contribution in [3.8, 4) is 39.9 Å². The van der Waals surface area contributed by atoms with E-state index in [1.807, 2.05) is 36.4 Å². The van der Waals surface area contributed by atoms with Crippen molar-refractivity contribution >= 4 is 32.8 Å². The van der Waals surface area contributed by atoms with E-state index in [1.165, 1.54) is 22.1 Å². The fraction of sp³-hybridized carbons (Fsp3) is 0.0455. The topological polar surface area (TPSA) is 35.9 Å². The number of aromatic nitrogens is 4. The Morgan fingerprint density at radius 1 is 0.571 bits per heavy atom. The number of pyridine rings is 1. The molecule has 0 saturated carbocycles. The summed E-state index contributed by atoms with van der Waals surface area (Å²) < 4.78 is 13.0. The normalized spacial score (nSPS) is 11.5. The highest BCUT2D eigenvalue weighted by molar-refractivity contribution is 6.09. The predicted octanol–water partition coefficient (Wildman–Crippen LogP) is 10.3. The van der Waals surface area contributed by atoms with Crippen LogP contribution in [-0.4, -0.2) is 14.1 Å². The van der Waals surface area contributed by atoms with Gasteiger partial charge in [-0.2, -0.15) is 0 Å². The fourth-order valence-electron chi connectivity index (χ4n) is 7.01. The second-order valence-electron chi connectivity index (χ2n) is 12.4. The minimum Gasteiger partial charge on any atom is -0.458 e. The zero-order chi connectivity index (χ0) is 32.9. The molecule has 0 aliphatic carbocycles. The summed E-state index contributed by atoms with van der Waals surface area (Å²) in [5, 5.41) is 2.32. The average molecular weight is 633 g/mol. The Morgan fingerprint density at radius 2 is 1.27 bits per heavy atom. The number of aryl methyl sites for hydroxylation is 2. The van der Waals surface area contributed by atoms with Crippen molar-refractivity contribution in [3.05, 3.63) is 175 Å². The standard InChI is InChI=1S/C44H32N4O/c1-30-13-10-14-31(2)44(30)38-20-12-24-43(45-38)48-39-21-7-6-19-36(39)37-26-25-35(28-42(37)48)49-34-18-11-17-33(27-34)47-29-46(32-15-4-3-5-16-32)40-22-8-9-23-41(40)47/h3-28H,1-2H3. The third-order valence-electron chi connectivity index (χ3n) is 9.24. The zero-order valence-corrected chi connectivity index (χ0v) is 27.2. The van der Waals surface area contributed by atoms with Gasteiger partial charge in [-0.3, -0.25) is 13.7 Å². The van der Waals surface area contributed by atoms with Gasteiger partial charge in [0.25, 0.3) is 6.33 Å². The van der Waals surface area contributed by atoms with E-state index >= 15 is 0 Å². The van der Waals surface area contributed by atoms with Crippen molar-refractivity contribution in [2.24, 2.45) is 0 Å². The largest absolute Gasteiger partial charge is 0.458 e. The molecule has 0 amide bonds. The van der Waals surface area contributed by atoms with Gasteiger partial charge in [-0.1, -0.05) is 91.0 Å². The van der Waals surface area contributed by atoms with E-state index in [0.717, 1.165) is 61.8 Å². The first-order valence-corrected chi connectivity index (χ1v) is 16.5. The maximum absolute atomic E-state index is 6.60. The minimum absolute atomic E-state index is 0.743. The molecule has 0 aliphatic rings. The van der Waals surface area contributed by atoms with Crippen LogP contribution in [0, 0.1) is 20.2 Å². The predicted molar refractivity (Wildman–Crippen MR) is 197 cm³/mol. The number of imidazole rings is 1. The highest BCUT2D eigenvalue weighted by atomic mass is 16.5. The van der Waals surface area contributed by atoms with Crippen molar-refractivity contribution in [2.45, 2.75) is 13.8 Å². The summed E-state index contributed by atoms with van der Waals surface area (Å²) >= 11 is 0. The first-order chi connectivity index (χ1) is 24.1. The summed E-state index contributed by atoms with van der Waals surface area (Å²) in [6.45, 7) is 4.29. The Bertz CT molecular complexity index is 2650. The molecule has 0 aliphatic heterocycles. The van der Waals surface area contributed by atoms with Crippen LogP contribution in [0.3, 0.4) is 0 Å². The molecular weight excluding hydrogens is 601 g/mol. The molecule has 0 saturated heterocycles. The lowest BCUT2D eigenvalue weighted by molar-refractivity contribution is -0.572. The second-order valence-corrected chi connectivity index (χ2v) is 12.4. The van der Waals surface area contributed by atoms with Crippen LogP contribution in [0.2, 0.25) is 0 Å². The Hall–Kier alpha value is -6.46. The monoisotopic (exact) mass is 632 g/mol. The van der Waals surface area contributed by atoms with E-state index in [9.17, 15) is 0 Å². The molecule has 0 N–H and O–H groups in total. The quantitative estimate of drug-likeness (QED) is 0.135. The number of rotatable bonds is 6. The van der Waals surface area contributed by atoms with Gasteiger partial charge >= 0.3 is 0 Å². The van der Waals surface area contributed by atoms with Crippen molar-refractivity contribution in [1.82, 2.24) is 14.1 Å². The summed E-state index contributed by atoms with van der Waals surface area (Å²) in [6.07, 6.45) is 3.57. The number of hydrogen-bond acceptors (Lipinski definition) is 2. The van der Waals surface area contributed by atoms with Crippen LogP contribution in [0.1, 0.15) is 11.1 Å². The molecule has 3 aromatic heterocycles. The number of para-hydroxylation sites is 4. The summed E-state index contributed by atoms with van der Waals surface area (Å²) in [7, 11) is 0. The van der Waals surface area contributed by atoms with Gasteiger partial charge < -0.3 is 4.74 Å². The van der Waals surface area contributed by atoms with E-state index in [1.54, 1.807) is 0 Å². The third kappa shape index (κ3) is 4.95. The van der Waals surface area contributed by atoms with Crippen LogP contribution in [0.5, 0.6) is 11.5 Å². The van der Waals surface area contributed by atoms with Crippen LogP contribution in [-0.2, 0) is 0 Å². The Labute approximate surface area is 284 Å². The third-order valence-corrected chi connectivity index (χ3v) is 9.24. The van der Waals surface area contributed by atoms with Gasteiger partial charge in [0, 0.05) is 22.4 Å². The first kappa shape index (κ1) is 28.7. The molecule has 234 valence electrons. The van der Waals surface area contributed by atoms with Gasteiger partial charge in [0.05, 0.1) is 39.1 Å². The van der Waals surface area contributed by atoms with Crippen LogP contribution in [0.15, 0.2) is 158 Å². The number of fused-ring (bicyclic) bond motifs is 4. The van der Waals surface area contributed by atoms with Crippen LogP contribution < -0.4 is 9.30 Å². The molecule has 3 heterocycles. The Morgan fingerprint density at radius 3 is 2.12 bits per heavy atom. The number of ether oxygens (including phenoxy) is 1. The van der Waals surface area contributed by atoms with E-state index in [-0.39, 0.29) is 0 Å². The smallest absolute Gasteiger partial charge is 0.269 e. The van der Waals surface area contributed by atoms with Gasteiger partial charge in [-0.25, -0.2) is 4.98 Å². The SMILES string of the molecule is Cc1cccc(C)c1-c1cccc(-n2c3ccccc3c3ccc(Oc4cccc(-n5[c-][n+](-c6ccccc6)c6ccccc65)c4)cc32)n1. The van der Waals surface area contributed by atoms with Crippen LogP contribution in [0.4, 0.5) is 0 Å². The molecule has 6 aromatic carbocycles. The maximum atomic E-state index is 6.60. The average Bonchev–Trinajstić information content (AvgIpc) is 3.68. The zero-order valence-electron chi connectivity index (χ0n) is 27.2. The first-order valence-electron chi connectivity index (χ1n) is 16.5. The van der Waals surface area contributed by atoms with Gasteiger partial charge in [-0.05, 0) is 85.6 Å². The van der Waals surface area contributed by atoms with Gasteiger partial charge in [0.1, 0.15) is 17.3 Å². The summed E-state index contributed by atoms with van der Waals surface area (Å²) in [6, 6.07) is 54.3. The van der Waals surface area contributed by atoms with Gasteiger partial charge in [-0.15, -0.1) is 0 Å². The Kier molecular flexibility index (Phi) is 6.83. The molecular formula is C44H32N4O. The highest BCUT2D eigenvalue weighted by Crippen LogP contribution is 2.36. The van der Waals surface area contributed by atoms with Crippen molar-refractivity contribution in [3.63, 3.8) is 0 Å². The van der Waals surface area contributed by atoms with Crippen molar-refractivity contribution in [2.75, 3.05) is 0 Å². The molecule has 9 rings (SSSR count). The molecule has 0 atom stereocenters. The van der Waals surface area contributed by atoms with Crippen LogP contribution in [0.25, 0.3) is 61.3 Å². The minimum atomic E-state index is 0.743. The lowest BCUT2D eigenvalue weighted by atomic mass is 10.00. The Balaban J connectivity index is 1.13. The molecule has 0 bridgehead atoms. The van der Waals surface area contributed by atoms with Gasteiger partial charge in [0.2, 0.25) is 0 Å². The second kappa shape index (κ2) is 11.7. The van der Waals surface area contributed by atoms with E-state index < -0.39 is 0 Å². The molecule has 0 radical (unpaired) electrons. The molecule has 9 aromatic rings. The molecule has 0 spiro atoms. The van der Waals surface area contributed by atoms with Crippen LogP contribution >= 0.6 is 0 Å². The summed E-state index contributed by atoms with van der Waals surface area (Å²) in [4.78, 5) is 5.23. The highest BCUT2D eigenvalue weighted by Gasteiger charge is 2.17. The van der Waals surface area contributed by atoms with Crippen molar-refractivity contribution in [1.29, 1.82) is 0 Å². The number of nitrogens with zero attached hydrogens (tertiary/aromatic N) is 4. The van der Waals surface area contributed by atoms with E-state index in [0.29, 0.717) is 0 Å². The molecule has 5 nitrogen and oxygen atoms in total. The van der Waals surface area contributed by atoms with E-state index in [4.69, 9.17) is 9.72 Å². The molecule has 5 heteroatoms. The number of benzene rings is 6.